The Balaban J connectivity index is 1.63. The van der Waals surface area contributed by atoms with Gasteiger partial charge in [0.25, 0.3) is 0 Å². The Kier molecular flexibility index (Phi) is 5.54. The highest BCUT2D eigenvalue weighted by Gasteiger charge is 2.19. The van der Waals surface area contributed by atoms with E-state index in [2.05, 4.69) is 54.4 Å². The maximum Gasteiger partial charge on any atom is 0.0185 e. The van der Waals surface area contributed by atoms with E-state index in [1.165, 1.54) is 31.0 Å². The summed E-state index contributed by atoms with van der Waals surface area (Å²) in [6.07, 6.45) is 0. The molecule has 0 bridgehead atoms. The van der Waals surface area contributed by atoms with Crippen LogP contribution in [0.3, 0.4) is 0 Å². The van der Waals surface area contributed by atoms with Crippen LogP contribution in [0.15, 0.2) is 30.3 Å². The summed E-state index contributed by atoms with van der Waals surface area (Å²) in [5.74, 6) is 2.37. The molecule has 2 atom stereocenters. The highest BCUT2D eigenvalue weighted by molar-refractivity contribution is 7.98. The highest BCUT2D eigenvalue weighted by Crippen LogP contribution is 2.12. The lowest BCUT2D eigenvalue weighted by molar-refractivity contribution is 0.183. The predicted molar refractivity (Wildman–Crippen MR) is 81.1 cm³/mol. The molecule has 3 heteroatoms. The molecule has 2 rings (SSSR count). The SMILES string of the molecule is CC1CN(CCSCc2ccccc2)CC(C)N1. The zero-order valence-electron chi connectivity index (χ0n) is 11.4. The molecule has 0 aliphatic carbocycles. The van der Waals surface area contributed by atoms with E-state index in [1.54, 1.807) is 0 Å². The fourth-order valence-electron chi connectivity index (χ4n) is 2.58. The molecule has 1 aliphatic heterocycles. The minimum Gasteiger partial charge on any atom is -0.309 e. The molecular weight excluding hydrogens is 240 g/mol. The number of thioether (sulfide) groups is 1. The van der Waals surface area contributed by atoms with Crippen LogP contribution in [-0.2, 0) is 5.75 Å². The molecule has 1 saturated heterocycles. The van der Waals surface area contributed by atoms with Crippen LogP contribution in [0.5, 0.6) is 0 Å². The van der Waals surface area contributed by atoms with Crippen molar-refractivity contribution in [3.63, 3.8) is 0 Å². The van der Waals surface area contributed by atoms with Crippen LogP contribution in [0.2, 0.25) is 0 Å². The molecule has 0 amide bonds. The molecule has 0 spiro atoms. The summed E-state index contributed by atoms with van der Waals surface area (Å²) in [6, 6.07) is 12.0. The summed E-state index contributed by atoms with van der Waals surface area (Å²) in [5.41, 5.74) is 1.43. The topological polar surface area (TPSA) is 15.3 Å². The lowest BCUT2D eigenvalue weighted by Gasteiger charge is -2.36. The maximum atomic E-state index is 3.58. The number of nitrogens with zero attached hydrogens (tertiary/aromatic N) is 1. The molecule has 0 radical (unpaired) electrons. The van der Waals surface area contributed by atoms with Crippen LogP contribution in [-0.4, -0.2) is 42.4 Å². The van der Waals surface area contributed by atoms with E-state index in [0.717, 1.165) is 5.75 Å². The third kappa shape index (κ3) is 4.63. The summed E-state index contributed by atoms with van der Waals surface area (Å²) in [4.78, 5) is 2.59. The summed E-state index contributed by atoms with van der Waals surface area (Å²) < 4.78 is 0. The third-order valence-corrected chi connectivity index (χ3v) is 4.31. The number of benzene rings is 1. The van der Waals surface area contributed by atoms with Gasteiger partial charge in [-0.05, 0) is 19.4 Å². The van der Waals surface area contributed by atoms with Crippen molar-refractivity contribution in [1.82, 2.24) is 10.2 Å². The lowest BCUT2D eigenvalue weighted by Crippen LogP contribution is -2.54. The van der Waals surface area contributed by atoms with Gasteiger partial charge < -0.3 is 5.32 Å². The van der Waals surface area contributed by atoms with Crippen molar-refractivity contribution >= 4 is 11.8 Å². The molecule has 1 fully saturated rings. The Morgan fingerprint density at radius 2 is 1.83 bits per heavy atom. The highest BCUT2D eigenvalue weighted by atomic mass is 32.2. The van der Waals surface area contributed by atoms with Gasteiger partial charge in [-0.2, -0.15) is 11.8 Å². The molecule has 1 aromatic rings. The molecule has 2 nitrogen and oxygen atoms in total. The molecule has 0 saturated carbocycles. The van der Waals surface area contributed by atoms with Gasteiger partial charge in [-0.25, -0.2) is 0 Å². The van der Waals surface area contributed by atoms with Gasteiger partial charge in [-0.3, -0.25) is 4.90 Å². The van der Waals surface area contributed by atoms with Crippen molar-refractivity contribution in [3.8, 4) is 0 Å². The summed E-state index contributed by atoms with van der Waals surface area (Å²) in [6.45, 7) is 8.15. The quantitative estimate of drug-likeness (QED) is 0.823. The summed E-state index contributed by atoms with van der Waals surface area (Å²) in [5, 5.41) is 3.58. The monoisotopic (exact) mass is 264 g/mol. The van der Waals surface area contributed by atoms with Crippen LogP contribution < -0.4 is 5.32 Å². The molecular formula is C15H24N2S. The zero-order valence-corrected chi connectivity index (χ0v) is 12.2. The van der Waals surface area contributed by atoms with Crippen LogP contribution in [0.25, 0.3) is 0 Å². The largest absolute Gasteiger partial charge is 0.309 e. The average molecular weight is 264 g/mol. The average Bonchev–Trinajstić information content (AvgIpc) is 2.35. The van der Waals surface area contributed by atoms with E-state index in [0.29, 0.717) is 12.1 Å². The van der Waals surface area contributed by atoms with Gasteiger partial charge in [0, 0.05) is 43.2 Å². The number of hydrogen-bond donors (Lipinski definition) is 1. The van der Waals surface area contributed by atoms with E-state index in [4.69, 9.17) is 0 Å². The predicted octanol–water partition coefficient (Wildman–Crippen LogP) is 2.60. The van der Waals surface area contributed by atoms with Crippen molar-refractivity contribution in [3.05, 3.63) is 35.9 Å². The molecule has 1 N–H and O–H groups in total. The Labute approximate surface area is 115 Å². The van der Waals surface area contributed by atoms with Crippen molar-refractivity contribution < 1.29 is 0 Å². The first-order chi connectivity index (χ1) is 8.74. The second kappa shape index (κ2) is 7.17. The maximum absolute atomic E-state index is 3.58. The molecule has 1 aromatic carbocycles. The van der Waals surface area contributed by atoms with Gasteiger partial charge in [0.05, 0.1) is 0 Å². The second-order valence-corrected chi connectivity index (χ2v) is 6.37. The van der Waals surface area contributed by atoms with Gasteiger partial charge >= 0.3 is 0 Å². The first kappa shape index (κ1) is 13.9. The van der Waals surface area contributed by atoms with Crippen LogP contribution in [0, 0.1) is 0 Å². The van der Waals surface area contributed by atoms with Gasteiger partial charge in [0.2, 0.25) is 0 Å². The molecule has 0 aromatic heterocycles. The fraction of sp³-hybridized carbons (Fsp3) is 0.600. The number of hydrogen-bond acceptors (Lipinski definition) is 3. The van der Waals surface area contributed by atoms with E-state index >= 15 is 0 Å². The third-order valence-electron chi connectivity index (χ3n) is 3.30. The second-order valence-electron chi connectivity index (χ2n) is 5.27. The van der Waals surface area contributed by atoms with Crippen LogP contribution in [0.4, 0.5) is 0 Å². The Morgan fingerprint density at radius 1 is 1.17 bits per heavy atom. The fourth-order valence-corrected chi connectivity index (χ4v) is 3.54. The van der Waals surface area contributed by atoms with E-state index < -0.39 is 0 Å². The number of rotatable bonds is 5. The smallest absolute Gasteiger partial charge is 0.0185 e. The number of nitrogens with one attached hydrogen (secondary N) is 1. The van der Waals surface area contributed by atoms with Gasteiger partial charge in [0.15, 0.2) is 0 Å². The molecule has 1 heterocycles. The minimum atomic E-state index is 0.632. The van der Waals surface area contributed by atoms with Gasteiger partial charge in [-0.1, -0.05) is 30.3 Å². The van der Waals surface area contributed by atoms with Crippen LogP contribution in [0.1, 0.15) is 19.4 Å². The van der Waals surface area contributed by atoms with Crippen molar-refractivity contribution in [2.45, 2.75) is 31.7 Å². The number of piperazine rings is 1. The Bertz CT molecular complexity index is 332. The van der Waals surface area contributed by atoms with Gasteiger partial charge in [-0.15, -0.1) is 0 Å². The summed E-state index contributed by atoms with van der Waals surface area (Å²) >= 11 is 2.04. The normalized spacial score (nSPS) is 25.2. The van der Waals surface area contributed by atoms with Crippen molar-refractivity contribution in [2.75, 3.05) is 25.4 Å². The Hall–Kier alpha value is -0.510. The van der Waals surface area contributed by atoms with E-state index in [1.807, 2.05) is 11.8 Å². The minimum absolute atomic E-state index is 0.632. The molecule has 1 aliphatic rings. The first-order valence-corrected chi connectivity index (χ1v) is 7.99. The van der Waals surface area contributed by atoms with Gasteiger partial charge in [0.1, 0.15) is 0 Å². The zero-order chi connectivity index (χ0) is 12.8. The van der Waals surface area contributed by atoms with Crippen molar-refractivity contribution in [2.24, 2.45) is 0 Å². The first-order valence-electron chi connectivity index (χ1n) is 6.84. The Morgan fingerprint density at radius 3 is 2.50 bits per heavy atom. The van der Waals surface area contributed by atoms with E-state index in [-0.39, 0.29) is 0 Å². The van der Waals surface area contributed by atoms with Crippen LogP contribution >= 0.6 is 11.8 Å². The standard InChI is InChI=1S/C15H24N2S/c1-13-10-17(11-14(2)16-13)8-9-18-12-15-6-4-3-5-7-15/h3-7,13-14,16H,8-12H2,1-2H3. The molecule has 2 unspecified atom stereocenters. The lowest BCUT2D eigenvalue weighted by atomic mass is 10.1. The van der Waals surface area contributed by atoms with E-state index in [9.17, 15) is 0 Å². The molecule has 18 heavy (non-hydrogen) atoms. The summed E-state index contributed by atoms with van der Waals surface area (Å²) in [7, 11) is 0. The van der Waals surface area contributed by atoms with Crippen molar-refractivity contribution in [1.29, 1.82) is 0 Å². The molecule has 100 valence electrons.